The van der Waals surface area contributed by atoms with Gasteiger partial charge in [-0.25, -0.2) is 4.79 Å². The van der Waals surface area contributed by atoms with Crippen LogP contribution < -0.4 is 16.4 Å². The molecule has 8 heteroatoms. The number of hydrogen-bond donors (Lipinski definition) is 3. The Morgan fingerprint density at radius 1 is 1.08 bits per heavy atom. The van der Waals surface area contributed by atoms with Crippen LogP contribution in [0.2, 0.25) is 0 Å². The Hall–Kier alpha value is -0.830. The Balaban J connectivity index is 1.41. The maximum Gasteiger partial charge on any atom is 0.315 e. The molecule has 2 amide bonds. The van der Waals surface area contributed by atoms with Crippen LogP contribution in [0.3, 0.4) is 0 Å². The summed E-state index contributed by atoms with van der Waals surface area (Å²) in [5.41, 5.74) is 5.31. The summed E-state index contributed by atoms with van der Waals surface area (Å²) in [5.74, 6) is 1.31. The van der Waals surface area contributed by atoms with E-state index >= 15 is 0 Å². The number of ketones is 1. The lowest BCUT2D eigenvalue weighted by Crippen LogP contribution is -2.36. The number of carbonyl (C=O) groups is 2. The second kappa shape index (κ2) is 11.7. The molecule has 2 saturated heterocycles. The Bertz CT molecular complexity index is 425. The number of hydrogen-bond acceptors (Lipinski definition) is 6. The lowest BCUT2D eigenvalue weighted by molar-refractivity contribution is -0.119. The molecular formula is C17H31N3O4S. The molecule has 0 saturated carbocycles. The van der Waals surface area contributed by atoms with Crippen molar-refractivity contribution in [2.24, 2.45) is 5.73 Å². The normalized spacial score (nSPS) is 24.8. The summed E-state index contributed by atoms with van der Waals surface area (Å²) in [5, 5.41) is 6.44. The molecule has 2 heterocycles. The monoisotopic (exact) mass is 373 g/mol. The van der Waals surface area contributed by atoms with Crippen molar-refractivity contribution in [1.82, 2.24) is 10.6 Å². The first-order valence-electron chi connectivity index (χ1n) is 9.26. The Morgan fingerprint density at radius 3 is 2.64 bits per heavy atom. The number of ether oxygens (including phenoxy) is 2. The van der Waals surface area contributed by atoms with Crippen LogP contribution in [0, 0.1) is 0 Å². The smallest absolute Gasteiger partial charge is 0.315 e. The third-order valence-electron chi connectivity index (χ3n) is 4.51. The van der Waals surface area contributed by atoms with Gasteiger partial charge in [-0.15, -0.1) is 0 Å². The lowest BCUT2D eigenvalue weighted by Gasteiger charge is -2.16. The standard InChI is InChI=1S/C17H31N3O4S/c18-7-9-24-11-10-23-8-3-5-13(21)4-1-2-6-15-16-14(12-25-15)19-17(22)20-16/h14-16H,1-12,18H2,(H2,19,20,22)/t14?,15-,16?/m1/s1. The molecule has 3 atom stereocenters. The number of urea groups is 1. The molecule has 2 aliphatic rings. The Labute approximate surface area is 154 Å². The minimum atomic E-state index is -0.0383. The van der Waals surface area contributed by atoms with Gasteiger partial charge >= 0.3 is 6.03 Å². The Morgan fingerprint density at radius 2 is 1.84 bits per heavy atom. The van der Waals surface area contributed by atoms with E-state index in [1.807, 2.05) is 11.8 Å². The largest absolute Gasteiger partial charge is 0.379 e. The maximum atomic E-state index is 11.9. The lowest BCUT2D eigenvalue weighted by atomic mass is 10.0. The maximum absolute atomic E-state index is 11.9. The second-order valence-corrected chi connectivity index (χ2v) is 7.80. The molecule has 0 aromatic heterocycles. The number of carbonyl (C=O) groups excluding carboxylic acids is 2. The van der Waals surface area contributed by atoms with Gasteiger partial charge in [0.15, 0.2) is 0 Å². The van der Waals surface area contributed by atoms with Crippen molar-refractivity contribution in [3.05, 3.63) is 0 Å². The van der Waals surface area contributed by atoms with Gasteiger partial charge in [0.1, 0.15) is 5.78 Å². The average Bonchev–Trinajstić information content (AvgIpc) is 3.13. The number of fused-ring (bicyclic) bond motifs is 1. The summed E-state index contributed by atoms with van der Waals surface area (Å²) < 4.78 is 10.6. The fourth-order valence-corrected chi connectivity index (χ4v) is 4.76. The quantitative estimate of drug-likeness (QED) is 0.311. The summed E-state index contributed by atoms with van der Waals surface area (Å²) in [6.45, 7) is 2.81. The summed E-state index contributed by atoms with van der Waals surface area (Å²) in [6, 6.07) is 0.507. The second-order valence-electron chi connectivity index (χ2n) is 6.52. The van der Waals surface area contributed by atoms with E-state index in [1.54, 1.807) is 0 Å². The molecule has 0 bridgehead atoms. The third kappa shape index (κ3) is 7.52. The number of rotatable bonds is 14. The summed E-state index contributed by atoms with van der Waals surface area (Å²) >= 11 is 1.93. The molecule has 144 valence electrons. The van der Waals surface area contributed by atoms with Gasteiger partial charge in [0.05, 0.1) is 31.9 Å². The highest BCUT2D eigenvalue weighted by Gasteiger charge is 2.42. The molecule has 2 aliphatic heterocycles. The van der Waals surface area contributed by atoms with Crippen LogP contribution in [0.1, 0.15) is 38.5 Å². The van der Waals surface area contributed by atoms with Gasteiger partial charge < -0.3 is 25.8 Å². The molecule has 2 fully saturated rings. The van der Waals surface area contributed by atoms with E-state index in [0.717, 1.165) is 31.4 Å². The molecule has 25 heavy (non-hydrogen) atoms. The summed E-state index contributed by atoms with van der Waals surface area (Å²) in [4.78, 5) is 23.2. The van der Waals surface area contributed by atoms with Crippen molar-refractivity contribution in [3.63, 3.8) is 0 Å². The van der Waals surface area contributed by atoms with Crippen molar-refractivity contribution >= 4 is 23.6 Å². The Kier molecular flexibility index (Phi) is 9.60. The van der Waals surface area contributed by atoms with Crippen LogP contribution in [0.4, 0.5) is 4.79 Å². The highest BCUT2D eigenvalue weighted by Crippen LogP contribution is 2.33. The average molecular weight is 374 g/mol. The van der Waals surface area contributed by atoms with E-state index < -0.39 is 0 Å². The fraction of sp³-hybridized carbons (Fsp3) is 0.882. The summed E-state index contributed by atoms with van der Waals surface area (Å²) in [6.07, 6.45) is 5.05. The predicted octanol–water partition coefficient (Wildman–Crippen LogP) is 1.05. The fourth-order valence-electron chi connectivity index (χ4n) is 3.21. The SMILES string of the molecule is NCCOCCOCCCC(=O)CCCC[C@H]1SCC2NC(=O)NC21. The van der Waals surface area contributed by atoms with Gasteiger partial charge in [-0.2, -0.15) is 11.8 Å². The van der Waals surface area contributed by atoms with E-state index in [9.17, 15) is 9.59 Å². The van der Waals surface area contributed by atoms with E-state index in [2.05, 4.69) is 10.6 Å². The van der Waals surface area contributed by atoms with Crippen molar-refractivity contribution in [1.29, 1.82) is 0 Å². The minimum Gasteiger partial charge on any atom is -0.379 e. The van der Waals surface area contributed by atoms with Gasteiger partial charge in [0.2, 0.25) is 0 Å². The number of thioether (sulfide) groups is 1. The van der Waals surface area contributed by atoms with Crippen LogP contribution in [0.5, 0.6) is 0 Å². The molecule has 0 radical (unpaired) electrons. The van der Waals surface area contributed by atoms with Crippen molar-refractivity contribution in [2.45, 2.75) is 55.9 Å². The van der Waals surface area contributed by atoms with E-state index in [1.165, 1.54) is 0 Å². The minimum absolute atomic E-state index is 0.0383. The molecule has 0 aromatic carbocycles. The van der Waals surface area contributed by atoms with Crippen LogP contribution in [0.15, 0.2) is 0 Å². The molecule has 0 aromatic rings. The first-order valence-corrected chi connectivity index (χ1v) is 10.3. The summed E-state index contributed by atoms with van der Waals surface area (Å²) in [7, 11) is 0. The van der Waals surface area contributed by atoms with E-state index in [0.29, 0.717) is 56.8 Å². The van der Waals surface area contributed by atoms with Gasteiger partial charge in [0, 0.05) is 37.0 Å². The number of nitrogens with one attached hydrogen (secondary N) is 2. The zero-order valence-corrected chi connectivity index (χ0v) is 15.7. The van der Waals surface area contributed by atoms with Crippen LogP contribution in [-0.2, 0) is 14.3 Å². The van der Waals surface area contributed by atoms with Crippen molar-refractivity contribution in [2.75, 3.05) is 38.7 Å². The van der Waals surface area contributed by atoms with E-state index in [4.69, 9.17) is 15.2 Å². The highest BCUT2D eigenvalue weighted by atomic mass is 32.2. The third-order valence-corrected chi connectivity index (χ3v) is 6.02. The topological polar surface area (TPSA) is 103 Å². The molecule has 4 N–H and O–H groups in total. The molecule has 0 spiro atoms. The van der Waals surface area contributed by atoms with Crippen molar-refractivity contribution in [3.8, 4) is 0 Å². The van der Waals surface area contributed by atoms with Gasteiger partial charge in [-0.1, -0.05) is 6.42 Å². The van der Waals surface area contributed by atoms with E-state index in [-0.39, 0.29) is 18.1 Å². The van der Waals surface area contributed by atoms with Crippen molar-refractivity contribution < 1.29 is 19.1 Å². The van der Waals surface area contributed by atoms with Gasteiger partial charge in [0.25, 0.3) is 0 Å². The number of amides is 2. The van der Waals surface area contributed by atoms with Gasteiger partial charge in [-0.05, 0) is 19.3 Å². The zero-order chi connectivity index (χ0) is 17.9. The molecule has 0 aliphatic carbocycles. The van der Waals surface area contributed by atoms with Crippen LogP contribution >= 0.6 is 11.8 Å². The van der Waals surface area contributed by atoms with Crippen LogP contribution in [-0.4, -0.2) is 67.9 Å². The number of nitrogens with two attached hydrogens (primary N) is 1. The zero-order valence-electron chi connectivity index (χ0n) is 14.8. The van der Waals surface area contributed by atoms with Crippen LogP contribution in [0.25, 0.3) is 0 Å². The molecule has 2 unspecified atom stereocenters. The number of unbranched alkanes of at least 4 members (excludes halogenated alkanes) is 1. The first-order chi connectivity index (χ1) is 12.2. The predicted molar refractivity (Wildman–Crippen MR) is 98.9 cm³/mol. The molecular weight excluding hydrogens is 342 g/mol. The highest BCUT2D eigenvalue weighted by molar-refractivity contribution is 8.00. The molecule has 2 rings (SSSR count). The number of Topliss-reactive ketones (excluding diaryl/α,β-unsaturated/α-hetero) is 1. The van der Waals surface area contributed by atoms with Gasteiger partial charge in [-0.3, -0.25) is 4.79 Å². The first kappa shape index (κ1) is 20.5. The molecule has 7 nitrogen and oxygen atoms in total.